The van der Waals surface area contributed by atoms with E-state index in [1.807, 2.05) is 12.1 Å². The first-order chi connectivity index (χ1) is 10.6. The minimum absolute atomic E-state index is 0.283. The lowest BCUT2D eigenvalue weighted by Crippen LogP contribution is -2.22. The summed E-state index contributed by atoms with van der Waals surface area (Å²) in [6.07, 6.45) is 6.76. The zero-order valence-corrected chi connectivity index (χ0v) is 14.9. The Kier molecular flexibility index (Phi) is 4.72. The monoisotopic (exact) mass is 362 g/mol. The molecule has 0 saturated heterocycles. The minimum Gasteiger partial charge on any atom is -0.494 e. The fraction of sp³-hybridized carbons (Fsp3) is 0.526. The van der Waals surface area contributed by atoms with Gasteiger partial charge in [0.15, 0.2) is 6.29 Å². The van der Waals surface area contributed by atoms with E-state index in [1.165, 1.54) is 18.4 Å². The molecular weight excluding hydrogens is 340 g/mol. The van der Waals surface area contributed by atoms with E-state index >= 15 is 0 Å². The number of rotatable bonds is 3. The first-order valence-corrected chi connectivity index (χ1v) is 9.02. The number of hydrogen-bond acceptors (Lipinski definition) is 2. The predicted molar refractivity (Wildman–Crippen MR) is 92.7 cm³/mol. The van der Waals surface area contributed by atoms with E-state index in [0.29, 0.717) is 5.92 Å². The van der Waals surface area contributed by atoms with Crippen molar-refractivity contribution >= 4 is 27.8 Å². The van der Waals surface area contributed by atoms with Crippen LogP contribution in [0.1, 0.15) is 63.0 Å². The number of halogens is 1. The molecule has 0 radical (unpaired) electrons. The van der Waals surface area contributed by atoms with E-state index in [2.05, 4.69) is 35.8 Å². The van der Waals surface area contributed by atoms with Crippen molar-refractivity contribution in [2.75, 3.05) is 0 Å². The standard InChI is InChI=1S/C19H23BrO2/c1-12-3-6-15(7-4-12)22-19-9-13(2)17-10-14(20)5-8-16(17)18(19)11-21/h5,8,10-13,15H,3-4,6-7,9H2,1-2H3/t12-,13?,15+. The second-order valence-corrected chi connectivity index (χ2v) is 7.71. The first-order valence-electron chi connectivity index (χ1n) is 8.23. The lowest BCUT2D eigenvalue weighted by Gasteiger charge is -2.32. The summed E-state index contributed by atoms with van der Waals surface area (Å²) in [7, 11) is 0. The van der Waals surface area contributed by atoms with Gasteiger partial charge in [-0.15, -0.1) is 0 Å². The predicted octanol–water partition coefficient (Wildman–Crippen LogP) is 5.46. The normalized spacial score (nSPS) is 28.2. The van der Waals surface area contributed by atoms with Crippen molar-refractivity contribution in [2.24, 2.45) is 5.92 Å². The second-order valence-electron chi connectivity index (χ2n) is 6.79. The highest BCUT2D eigenvalue weighted by atomic mass is 79.9. The molecule has 2 aliphatic rings. The van der Waals surface area contributed by atoms with Crippen molar-refractivity contribution < 1.29 is 9.53 Å². The summed E-state index contributed by atoms with van der Waals surface area (Å²) in [6.45, 7) is 4.52. The number of ether oxygens (including phenoxy) is 1. The second kappa shape index (κ2) is 6.57. The number of aldehydes is 1. The third kappa shape index (κ3) is 3.15. The quantitative estimate of drug-likeness (QED) is 0.667. The van der Waals surface area contributed by atoms with Gasteiger partial charge in [0.05, 0.1) is 11.7 Å². The van der Waals surface area contributed by atoms with Crippen LogP contribution in [-0.4, -0.2) is 12.4 Å². The molecule has 0 aliphatic heterocycles. The summed E-state index contributed by atoms with van der Waals surface area (Å²) in [5.74, 6) is 2.09. The summed E-state index contributed by atoms with van der Waals surface area (Å²) >= 11 is 3.52. The average Bonchev–Trinajstić information content (AvgIpc) is 2.50. The van der Waals surface area contributed by atoms with Crippen molar-refractivity contribution in [3.63, 3.8) is 0 Å². The van der Waals surface area contributed by atoms with Gasteiger partial charge in [0.25, 0.3) is 0 Å². The van der Waals surface area contributed by atoms with Crippen LogP contribution in [0.2, 0.25) is 0 Å². The third-order valence-electron chi connectivity index (χ3n) is 5.02. The van der Waals surface area contributed by atoms with Gasteiger partial charge in [-0.05, 0) is 60.8 Å². The molecule has 0 bridgehead atoms. The maximum Gasteiger partial charge on any atom is 0.154 e. The Balaban J connectivity index is 1.88. The van der Waals surface area contributed by atoms with E-state index in [1.54, 1.807) is 0 Å². The van der Waals surface area contributed by atoms with Crippen molar-refractivity contribution in [1.82, 2.24) is 0 Å². The van der Waals surface area contributed by atoms with Crippen LogP contribution in [0.15, 0.2) is 28.4 Å². The summed E-state index contributed by atoms with van der Waals surface area (Å²) in [6, 6.07) is 6.16. The summed E-state index contributed by atoms with van der Waals surface area (Å²) < 4.78 is 7.34. The first kappa shape index (κ1) is 15.8. The lowest BCUT2D eigenvalue weighted by molar-refractivity contribution is -0.103. The zero-order chi connectivity index (χ0) is 15.7. The highest BCUT2D eigenvalue weighted by Gasteiger charge is 2.28. The molecule has 3 rings (SSSR count). The summed E-state index contributed by atoms with van der Waals surface area (Å²) in [4.78, 5) is 11.7. The van der Waals surface area contributed by atoms with Gasteiger partial charge in [-0.25, -0.2) is 0 Å². The smallest absolute Gasteiger partial charge is 0.154 e. The minimum atomic E-state index is 0.283. The van der Waals surface area contributed by atoms with Crippen LogP contribution in [0.3, 0.4) is 0 Å². The van der Waals surface area contributed by atoms with E-state index in [-0.39, 0.29) is 6.10 Å². The highest BCUT2D eigenvalue weighted by Crippen LogP contribution is 2.40. The Morgan fingerprint density at radius 2 is 1.91 bits per heavy atom. The SMILES string of the molecule is CC1CC(O[C@H]2CC[C@@H](C)CC2)=C(C=O)c2ccc(Br)cc21. The molecule has 0 aromatic heterocycles. The Labute approximate surface area is 141 Å². The molecule has 1 fully saturated rings. The average molecular weight is 363 g/mol. The third-order valence-corrected chi connectivity index (χ3v) is 5.51. The number of fused-ring (bicyclic) bond motifs is 1. The zero-order valence-electron chi connectivity index (χ0n) is 13.3. The van der Waals surface area contributed by atoms with Gasteiger partial charge in [0.1, 0.15) is 5.76 Å². The highest BCUT2D eigenvalue weighted by molar-refractivity contribution is 9.10. The Morgan fingerprint density at radius 3 is 2.59 bits per heavy atom. The van der Waals surface area contributed by atoms with Crippen LogP contribution in [0.4, 0.5) is 0 Å². The fourth-order valence-corrected chi connectivity index (χ4v) is 4.00. The Morgan fingerprint density at radius 1 is 1.18 bits per heavy atom. The molecule has 1 atom stereocenters. The van der Waals surface area contributed by atoms with Gasteiger partial charge in [0, 0.05) is 10.9 Å². The van der Waals surface area contributed by atoms with E-state index < -0.39 is 0 Å². The summed E-state index contributed by atoms with van der Waals surface area (Å²) in [5, 5.41) is 0. The molecule has 0 spiro atoms. The number of carbonyl (C=O) groups is 1. The topological polar surface area (TPSA) is 26.3 Å². The van der Waals surface area contributed by atoms with Crippen LogP contribution in [0, 0.1) is 5.92 Å². The molecule has 1 unspecified atom stereocenters. The van der Waals surface area contributed by atoms with E-state index in [9.17, 15) is 4.79 Å². The Bertz CT molecular complexity index is 597. The van der Waals surface area contributed by atoms with Gasteiger partial charge in [-0.1, -0.05) is 35.8 Å². The number of hydrogen-bond donors (Lipinski definition) is 0. The molecular formula is C19H23BrO2. The number of benzene rings is 1. The molecule has 118 valence electrons. The molecule has 0 N–H and O–H groups in total. The number of allylic oxidation sites excluding steroid dienone is 2. The molecule has 2 aliphatic carbocycles. The maximum absolute atomic E-state index is 11.7. The van der Waals surface area contributed by atoms with Crippen LogP contribution >= 0.6 is 15.9 Å². The molecule has 22 heavy (non-hydrogen) atoms. The van der Waals surface area contributed by atoms with E-state index in [4.69, 9.17) is 4.74 Å². The van der Waals surface area contributed by atoms with Gasteiger partial charge in [0.2, 0.25) is 0 Å². The van der Waals surface area contributed by atoms with Crippen molar-refractivity contribution in [3.05, 3.63) is 39.6 Å². The molecule has 0 amide bonds. The molecule has 1 saturated carbocycles. The van der Waals surface area contributed by atoms with Crippen LogP contribution in [0.5, 0.6) is 0 Å². The van der Waals surface area contributed by atoms with Crippen molar-refractivity contribution in [3.8, 4) is 0 Å². The summed E-state index contributed by atoms with van der Waals surface area (Å²) in [5.41, 5.74) is 3.02. The van der Waals surface area contributed by atoms with Gasteiger partial charge in [-0.2, -0.15) is 0 Å². The van der Waals surface area contributed by atoms with Crippen LogP contribution < -0.4 is 0 Å². The largest absolute Gasteiger partial charge is 0.494 e. The maximum atomic E-state index is 11.7. The lowest BCUT2D eigenvalue weighted by atomic mass is 9.83. The molecule has 1 aromatic rings. The fourth-order valence-electron chi connectivity index (χ4n) is 3.62. The molecule has 1 aromatic carbocycles. The molecule has 2 nitrogen and oxygen atoms in total. The van der Waals surface area contributed by atoms with Gasteiger partial charge < -0.3 is 4.74 Å². The van der Waals surface area contributed by atoms with Crippen molar-refractivity contribution in [2.45, 2.75) is 58.0 Å². The van der Waals surface area contributed by atoms with E-state index in [0.717, 1.165) is 52.8 Å². The Hall–Kier alpha value is -1.09. The number of carbonyl (C=O) groups excluding carboxylic acids is 1. The van der Waals surface area contributed by atoms with Crippen LogP contribution in [-0.2, 0) is 9.53 Å². The van der Waals surface area contributed by atoms with Crippen LogP contribution in [0.25, 0.3) is 5.57 Å². The van der Waals surface area contributed by atoms with Gasteiger partial charge in [-0.3, -0.25) is 4.79 Å². The van der Waals surface area contributed by atoms with Gasteiger partial charge >= 0.3 is 0 Å². The molecule has 3 heteroatoms. The molecule has 0 heterocycles. The van der Waals surface area contributed by atoms with Crippen molar-refractivity contribution in [1.29, 1.82) is 0 Å².